The van der Waals surface area contributed by atoms with Gasteiger partial charge in [0.15, 0.2) is 0 Å². The number of carbonyl (C=O) groups is 1. The van der Waals surface area contributed by atoms with Gasteiger partial charge in [0.2, 0.25) is 5.91 Å². The molecule has 0 saturated carbocycles. The molecule has 28 heavy (non-hydrogen) atoms. The molecule has 0 aliphatic carbocycles. The number of para-hydroxylation sites is 2. The van der Waals surface area contributed by atoms with Crippen molar-refractivity contribution < 1.29 is 4.79 Å². The summed E-state index contributed by atoms with van der Waals surface area (Å²) in [5, 5.41) is 0. The topological polar surface area (TPSA) is 38.1 Å². The van der Waals surface area contributed by atoms with Crippen LogP contribution in [0, 0.1) is 0 Å². The number of carbonyl (C=O) groups excluding carboxylic acids is 1. The van der Waals surface area contributed by atoms with Crippen molar-refractivity contribution in [3.8, 4) is 11.4 Å². The van der Waals surface area contributed by atoms with Gasteiger partial charge in [0.25, 0.3) is 0 Å². The minimum Gasteiger partial charge on any atom is -0.336 e. The van der Waals surface area contributed by atoms with Crippen LogP contribution in [-0.4, -0.2) is 32.4 Å². The van der Waals surface area contributed by atoms with E-state index in [0.29, 0.717) is 6.54 Å². The van der Waals surface area contributed by atoms with Gasteiger partial charge in [0.05, 0.1) is 11.0 Å². The van der Waals surface area contributed by atoms with Crippen molar-refractivity contribution >= 4 is 32.9 Å². The van der Waals surface area contributed by atoms with E-state index in [-0.39, 0.29) is 18.0 Å². The summed E-state index contributed by atoms with van der Waals surface area (Å²) in [5.74, 6) is 0.973. The lowest BCUT2D eigenvalue weighted by Crippen LogP contribution is -2.45. The Kier molecular flexibility index (Phi) is 6.55. The molecule has 0 aliphatic heterocycles. The van der Waals surface area contributed by atoms with Crippen LogP contribution in [-0.2, 0) is 11.3 Å². The average molecular weight is 442 g/mol. The Labute approximate surface area is 175 Å². The number of amides is 1. The van der Waals surface area contributed by atoms with Crippen molar-refractivity contribution in [3.63, 3.8) is 0 Å². The first-order chi connectivity index (χ1) is 13.5. The van der Waals surface area contributed by atoms with Crippen LogP contribution < -0.4 is 0 Å². The summed E-state index contributed by atoms with van der Waals surface area (Å²) in [6.07, 6.45) is 1.89. The Hall–Kier alpha value is -2.14. The second-order valence-corrected chi connectivity index (χ2v) is 8.25. The number of nitrogens with zero attached hydrogens (tertiary/aromatic N) is 3. The Balaban J connectivity index is 2.05. The first kappa shape index (κ1) is 20.6. The van der Waals surface area contributed by atoms with Crippen molar-refractivity contribution in [3.05, 3.63) is 53.0 Å². The molecule has 0 spiro atoms. The Bertz CT molecular complexity index is 938. The zero-order valence-electron chi connectivity index (χ0n) is 17.0. The summed E-state index contributed by atoms with van der Waals surface area (Å²) in [6, 6.07) is 16.5. The van der Waals surface area contributed by atoms with E-state index in [0.717, 1.165) is 39.7 Å². The molecule has 148 valence electrons. The number of hydrogen-bond acceptors (Lipinski definition) is 2. The van der Waals surface area contributed by atoms with Crippen LogP contribution in [0.25, 0.3) is 22.4 Å². The van der Waals surface area contributed by atoms with E-state index in [1.165, 1.54) is 0 Å². The molecule has 1 heterocycles. The highest BCUT2D eigenvalue weighted by atomic mass is 79.9. The summed E-state index contributed by atoms with van der Waals surface area (Å²) in [6.45, 7) is 8.82. The van der Waals surface area contributed by atoms with Crippen molar-refractivity contribution in [2.45, 2.75) is 59.2 Å². The maximum Gasteiger partial charge on any atom is 0.243 e. The Morgan fingerprint density at radius 2 is 1.64 bits per heavy atom. The maximum atomic E-state index is 13.4. The van der Waals surface area contributed by atoms with E-state index in [2.05, 4.69) is 48.2 Å². The van der Waals surface area contributed by atoms with Crippen LogP contribution in [0.3, 0.4) is 0 Å². The van der Waals surface area contributed by atoms with Crippen molar-refractivity contribution in [1.29, 1.82) is 0 Å². The predicted octanol–water partition coefficient (Wildman–Crippen LogP) is 5.89. The van der Waals surface area contributed by atoms with Gasteiger partial charge in [-0.05, 0) is 51.0 Å². The lowest BCUT2D eigenvalue weighted by molar-refractivity contribution is -0.136. The van der Waals surface area contributed by atoms with E-state index in [1.54, 1.807) is 0 Å². The molecule has 1 amide bonds. The molecule has 2 aromatic carbocycles. The van der Waals surface area contributed by atoms with Crippen LogP contribution in [0.15, 0.2) is 53.0 Å². The molecule has 0 bridgehead atoms. The lowest BCUT2D eigenvalue weighted by atomic mass is 10.1. The third-order valence-corrected chi connectivity index (χ3v) is 6.00. The van der Waals surface area contributed by atoms with Crippen LogP contribution in [0.1, 0.15) is 40.5 Å². The van der Waals surface area contributed by atoms with Gasteiger partial charge in [-0.1, -0.05) is 54.0 Å². The summed E-state index contributed by atoms with van der Waals surface area (Å²) < 4.78 is 3.08. The summed E-state index contributed by atoms with van der Waals surface area (Å²) >= 11 is 3.49. The number of rotatable bonds is 7. The Morgan fingerprint density at radius 1 is 1.04 bits per heavy atom. The SMILES string of the molecule is CCC(C)N(C(=O)Cn1c(-c2ccc(Br)cc2)nc2ccccc21)C(C)CC. The first-order valence-electron chi connectivity index (χ1n) is 9.98. The monoisotopic (exact) mass is 441 g/mol. The zero-order valence-corrected chi connectivity index (χ0v) is 18.6. The van der Waals surface area contributed by atoms with Gasteiger partial charge >= 0.3 is 0 Å². The fraction of sp³-hybridized carbons (Fsp3) is 0.391. The molecular formula is C23H28BrN3O. The summed E-state index contributed by atoms with van der Waals surface area (Å²) in [4.78, 5) is 20.2. The third-order valence-electron chi connectivity index (χ3n) is 5.47. The van der Waals surface area contributed by atoms with Gasteiger partial charge in [0.1, 0.15) is 12.4 Å². The van der Waals surface area contributed by atoms with Crippen LogP contribution in [0.4, 0.5) is 0 Å². The molecule has 5 heteroatoms. The smallest absolute Gasteiger partial charge is 0.243 e. The first-order valence-corrected chi connectivity index (χ1v) is 10.8. The van der Waals surface area contributed by atoms with E-state index in [1.807, 2.05) is 53.4 Å². The maximum absolute atomic E-state index is 13.4. The van der Waals surface area contributed by atoms with Crippen molar-refractivity contribution in [2.24, 2.45) is 0 Å². The predicted molar refractivity (Wildman–Crippen MR) is 119 cm³/mol. The third kappa shape index (κ3) is 4.14. The molecule has 3 rings (SSSR count). The second kappa shape index (κ2) is 8.91. The molecule has 1 aromatic heterocycles. The molecular weight excluding hydrogens is 414 g/mol. The number of imidazole rings is 1. The number of aromatic nitrogens is 2. The number of fused-ring (bicyclic) bond motifs is 1. The molecule has 2 atom stereocenters. The van der Waals surface area contributed by atoms with E-state index >= 15 is 0 Å². The average Bonchev–Trinajstić information content (AvgIpc) is 3.06. The van der Waals surface area contributed by atoms with Gasteiger partial charge < -0.3 is 9.47 Å². The highest BCUT2D eigenvalue weighted by Crippen LogP contribution is 2.27. The minimum absolute atomic E-state index is 0.144. The van der Waals surface area contributed by atoms with E-state index < -0.39 is 0 Å². The molecule has 0 N–H and O–H groups in total. The number of halogens is 1. The van der Waals surface area contributed by atoms with Gasteiger partial charge in [-0.25, -0.2) is 4.98 Å². The van der Waals surface area contributed by atoms with Crippen LogP contribution >= 0.6 is 15.9 Å². The number of hydrogen-bond donors (Lipinski definition) is 0. The molecule has 2 unspecified atom stereocenters. The number of benzene rings is 2. The fourth-order valence-electron chi connectivity index (χ4n) is 3.59. The quantitative estimate of drug-likeness (QED) is 0.458. The van der Waals surface area contributed by atoms with Crippen LogP contribution in [0.2, 0.25) is 0 Å². The lowest BCUT2D eigenvalue weighted by Gasteiger charge is -2.34. The fourth-order valence-corrected chi connectivity index (χ4v) is 3.86. The molecule has 0 aliphatic rings. The molecule has 0 radical (unpaired) electrons. The van der Waals surface area contributed by atoms with Gasteiger partial charge in [-0.2, -0.15) is 0 Å². The van der Waals surface area contributed by atoms with Crippen molar-refractivity contribution in [2.75, 3.05) is 0 Å². The minimum atomic E-state index is 0.144. The highest BCUT2D eigenvalue weighted by molar-refractivity contribution is 9.10. The molecule has 0 saturated heterocycles. The normalized spacial score (nSPS) is 13.5. The second-order valence-electron chi connectivity index (χ2n) is 7.33. The van der Waals surface area contributed by atoms with Crippen molar-refractivity contribution in [1.82, 2.24) is 14.5 Å². The van der Waals surface area contributed by atoms with Crippen LogP contribution in [0.5, 0.6) is 0 Å². The van der Waals surface area contributed by atoms with Gasteiger partial charge in [-0.15, -0.1) is 0 Å². The molecule has 4 nitrogen and oxygen atoms in total. The highest BCUT2D eigenvalue weighted by Gasteiger charge is 2.25. The van der Waals surface area contributed by atoms with Gasteiger partial charge in [0, 0.05) is 22.1 Å². The molecule has 3 aromatic rings. The van der Waals surface area contributed by atoms with E-state index in [4.69, 9.17) is 4.98 Å². The summed E-state index contributed by atoms with van der Waals surface area (Å²) in [5.41, 5.74) is 2.90. The van der Waals surface area contributed by atoms with Gasteiger partial charge in [-0.3, -0.25) is 4.79 Å². The Morgan fingerprint density at radius 3 is 2.25 bits per heavy atom. The zero-order chi connectivity index (χ0) is 20.3. The standard InChI is InChI=1S/C23H28BrN3O/c1-5-16(3)27(17(4)6-2)22(28)15-26-21-10-8-7-9-20(21)25-23(26)18-11-13-19(24)14-12-18/h7-14,16-17H,5-6,15H2,1-4H3. The molecule has 0 fully saturated rings. The summed E-state index contributed by atoms with van der Waals surface area (Å²) in [7, 11) is 0. The van der Waals surface area contributed by atoms with E-state index in [9.17, 15) is 4.79 Å². The largest absolute Gasteiger partial charge is 0.336 e.